The Morgan fingerprint density at radius 2 is 2.12 bits per heavy atom. The Hall–Kier alpha value is -2.86. The van der Waals surface area contributed by atoms with E-state index in [1.807, 2.05) is 49.1 Å². The molecule has 1 unspecified atom stereocenters. The van der Waals surface area contributed by atoms with Crippen LogP contribution in [0.15, 0.2) is 53.9 Å². The summed E-state index contributed by atoms with van der Waals surface area (Å²) in [6.45, 7) is 1.90. The van der Waals surface area contributed by atoms with E-state index in [0.717, 1.165) is 35.4 Å². The summed E-state index contributed by atoms with van der Waals surface area (Å²) in [6.07, 6.45) is 15.7. The molecule has 128 valence electrons. The van der Waals surface area contributed by atoms with E-state index in [4.69, 9.17) is 5.73 Å². The lowest BCUT2D eigenvalue weighted by atomic mass is 10.1. The molecule has 3 aromatic heterocycles. The van der Waals surface area contributed by atoms with Crippen molar-refractivity contribution in [2.75, 3.05) is 0 Å². The Morgan fingerprint density at radius 3 is 2.76 bits per heavy atom. The van der Waals surface area contributed by atoms with Gasteiger partial charge in [0, 0.05) is 48.5 Å². The van der Waals surface area contributed by atoms with Crippen LogP contribution in [-0.4, -0.2) is 18.7 Å². The van der Waals surface area contributed by atoms with Crippen LogP contribution in [0.4, 0.5) is 0 Å². The van der Waals surface area contributed by atoms with Crippen LogP contribution in [-0.2, 0) is 7.05 Å². The number of fused-ring (bicyclic) bond motifs is 1. The monoisotopic (exact) mass is 335 g/mol. The Balaban J connectivity index is 2.04. The number of nitrogens with two attached hydrogens (primary N) is 1. The van der Waals surface area contributed by atoms with Gasteiger partial charge in [0.15, 0.2) is 0 Å². The van der Waals surface area contributed by atoms with Crippen molar-refractivity contribution in [3.63, 3.8) is 0 Å². The highest BCUT2D eigenvalue weighted by Crippen LogP contribution is 2.26. The molecule has 0 radical (unpaired) electrons. The van der Waals surface area contributed by atoms with Gasteiger partial charge in [-0.05, 0) is 31.9 Å². The fourth-order valence-electron chi connectivity index (χ4n) is 3.35. The van der Waals surface area contributed by atoms with Gasteiger partial charge in [-0.2, -0.15) is 5.10 Å². The highest BCUT2D eigenvalue weighted by atomic mass is 16.1. The molecule has 0 aromatic carbocycles. The Kier molecular flexibility index (Phi) is 3.69. The minimum atomic E-state index is -0.252. The van der Waals surface area contributed by atoms with Crippen molar-refractivity contribution in [1.82, 2.24) is 18.7 Å². The lowest BCUT2D eigenvalue weighted by Crippen LogP contribution is -2.28. The molecule has 4 rings (SSSR count). The lowest BCUT2D eigenvalue weighted by Gasteiger charge is -2.19. The van der Waals surface area contributed by atoms with Crippen molar-refractivity contribution < 1.29 is 0 Å². The summed E-state index contributed by atoms with van der Waals surface area (Å²) in [6, 6.07) is 1.70. The zero-order chi connectivity index (χ0) is 17.6. The normalized spacial score (nSPS) is 15.6. The summed E-state index contributed by atoms with van der Waals surface area (Å²) >= 11 is 0. The average Bonchev–Trinajstić information content (AvgIpc) is 3.21. The first kappa shape index (κ1) is 15.7. The van der Waals surface area contributed by atoms with Gasteiger partial charge < -0.3 is 10.1 Å². The standard InChI is InChI=1S/C19H21N5O/c1-13(20)17-12-23-9-8-16(14-10-21-22(2)11-14)18(23)19(25)24(17)15-6-4-3-5-7-15/h4,6-13H,3,5,20H2,1-2H3. The summed E-state index contributed by atoms with van der Waals surface area (Å²) in [5, 5.41) is 4.22. The van der Waals surface area contributed by atoms with Gasteiger partial charge in [0.25, 0.3) is 5.56 Å². The van der Waals surface area contributed by atoms with Crippen LogP contribution in [0.3, 0.4) is 0 Å². The van der Waals surface area contributed by atoms with E-state index in [1.54, 1.807) is 15.4 Å². The molecule has 3 heterocycles. The number of nitrogens with zero attached hydrogens (tertiary/aromatic N) is 4. The minimum Gasteiger partial charge on any atom is -0.323 e. The van der Waals surface area contributed by atoms with Crippen molar-refractivity contribution in [3.05, 3.63) is 65.1 Å². The third-order valence-corrected chi connectivity index (χ3v) is 4.57. The zero-order valence-corrected chi connectivity index (χ0v) is 14.4. The van der Waals surface area contributed by atoms with Gasteiger partial charge >= 0.3 is 0 Å². The number of hydrogen-bond acceptors (Lipinski definition) is 3. The molecule has 6 nitrogen and oxygen atoms in total. The zero-order valence-electron chi connectivity index (χ0n) is 14.4. The van der Waals surface area contributed by atoms with Gasteiger partial charge in [0.05, 0.1) is 11.9 Å². The second kappa shape index (κ2) is 5.89. The van der Waals surface area contributed by atoms with Gasteiger partial charge in [0.1, 0.15) is 5.52 Å². The lowest BCUT2D eigenvalue weighted by molar-refractivity contribution is 0.724. The number of allylic oxidation sites excluding steroid dienone is 4. The van der Waals surface area contributed by atoms with Crippen molar-refractivity contribution in [2.24, 2.45) is 12.8 Å². The topological polar surface area (TPSA) is 70.2 Å². The molecule has 3 aromatic rings. The SMILES string of the molecule is CC(N)c1cn2ccc(-c3cnn(C)c3)c2c(=O)n1C1=CCCC=C1. The van der Waals surface area contributed by atoms with E-state index in [-0.39, 0.29) is 11.6 Å². The second-order valence-corrected chi connectivity index (χ2v) is 6.48. The molecule has 2 N–H and O–H groups in total. The molecule has 25 heavy (non-hydrogen) atoms. The molecule has 6 heteroatoms. The summed E-state index contributed by atoms with van der Waals surface area (Å²) in [5.41, 5.74) is 10.2. The van der Waals surface area contributed by atoms with Crippen molar-refractivity contribution in [2.45, 2.75) is 25.8 Å². The number of aromatic nitrogens is 4. The van der Waals surface area contributed by atoms with Crippen LogP contribution in [0.25, 0.3) is 22.3 Å². The summed E-state index contributed by atoms with van der Waals surface area (Å²) in [5.74, 6) is 0. The predicted molar refractivity (Wildman–Crippen MR) is 99.1 cm³/mol. The van der Waals surface area contributed by atoms with Crippen LogP contribution < -0.4 is 11.3 Å². The summed E-state index contributed by atoms with van der Waals surface area (Å²) < 4.78 is 5.35. The number of aryl methyl sites for hydroxylation is 1. The van der Waals surface area contributed by atoms with Gasteiger partial charge in [-0.1, -0.05) is 12.2 Å². The van der Waals surface area contributed by atoms with E-state index < -0.39 is 0 Å². The largest absolute Gasteiger partial charge is 0.323 e. The van der Waals surface area contributed by atoms with Gasteiger partial charge in [-0.3, -0.25) is 14.0 Å². The molecule has 0 saturated carbocycles. The predicted octanol–water partition coefficient (Wildman–Crippen LogP) is 2.71. The Morgan fingerprint density at radius 1 is 1.28 bits per heavy atom. The maximum atomic E-state index is 13.4. The van der Waals surface area contributed by atoms with Crippen LogP contribution in [0, 0.1) is 0 Å². The second-order valence-electron chi connectivity index (χ2n) is 6.48. The smallest absolute Gasteiger partial charge is 0.280 e. The third kappa shape index (κ3) is 2.55. The molecule has 1 aliphatic rings. The van der Waals surface area contributed by atoms with Crippen LogP contribution >= 0.6 is 0 Å². The fourth-order valence-corrected chi connectivity index (χ4v) is 3.35. The molecule has 0 amide bonds. The van der Waals surface area contributed by atoms with Crippen molar-refractivity contribution in [3.8, 4) is 11.1 Å². The van der Waals surface area contributed by atoms with Gasteiger partial charge in [-0.15, -0.1) is 0 Å². The quantitative estimate of drug-likeness (QED) is 0.800. The van der Waals surface area contributed by atoms with Crippen molar-refractivity contribution in [1.29, 1.82) is 0 Å². The minimum absolute atomic E-state index is 0.0588. The van der Waals surface area contributed by atoms with E-state index in [2.05, 4.69) is 17.3 Å². The maximum Gasteiger partial charge on any atom is 0.280 e. The molecule has 0 spiro atoms. The first-order chi connectivity index (χ1) is 12.1. The number of hydrogen-bond donors (Lipinski definition) is 1. The van der Waals surface area contributed by atoms with E-state index in [0.29, 0.717) is 5.52 Å². The number of rotatable bonds is 3. The van der Waals surface area contributed by atoms with Crippen LogP contribution in [0.2, 0.25) is 0 Å². The van der Waals surface area contributed by atoms with Crippen molar-refractivity contribution >= 4 is 11.2 Å². The summed E-state index contributed by atoms with van der Waals surface area (Å²) in [4.78, 5) is 13.4. The fraction of sp³-hybridized carbons (Fsp3) is 0.263. The molecule has 1 atom stereocenters. The first-order valence-corrected chi connectivity index (χ1v) is 8.44. The third-order valence-electron chi connectivity index (χ3n) is 4.57. The van der Waals surface area contributed by atoms with Crippen LogP contribution in [0.5, 0.6) is 0 Å². The molecule has 0 aliphatic heterocycles. The van der Waals surface area contributed by atoms with Gasteiger partial charge in [0.2, 0.25) is 0 Å². The first-order valence-electron chi connectivity index (χ1n) is 8.44. The van der Waals surface area contributed by atoms with Gasteiger partial charge in [-0.25, -0.2) is 0 Å². The van der Waals surface area contributed by atoms with E-state index in [9.17, 15) is 4.79 Å². The molecular weight excluding hydrogens is 314 g/mol. The highest BCUT2D eigenvalue weighted by Gasteiger charge is 2.18. The molecular formula is C19H21N5O. The summed E-state index contributed by atoms with van der Waals surface area (Å²) in [7, 11) is 1.87. The molecule has 0 fully saturated rings. The molecule has 0 bridgehead atoms. The molecule has 1 aliphatic carbocycles. The molecule has 0 saturated heterocycles. The van der Waals surface area contributed by atoms with Crippen LogP contribution in [0.1, 0.15) is 31.5 Å². The Labute approximate surface area is 145 Å². The average molecular weight is 335 g/mol. The van der Waals surface area contributed by atoms with E-state index >= 15 is 0 Å². The van der Waals surface area contributed by atoms with E-state index in [1.165, 1.54) is 0 Å². The highest BCUT2D eigenvalue weighted by molar-refractivity contribution is 5.80. The maximum absolute atomic E-state index is 13.4. The Bertz CT molecular complexity index is 1060.